The van der Waals surface area contributed by atoms with Crippen LogP contribution in [0, 0.1) is 5.92 Å². The van der Waals surface area contributed by atoms with Crippen LogP contribution in [0.2, 0.25) is 0 Å². The number of aliphatic hydroxyl groups excluding tert-OH is 1. The highest BCUT2D eigenvalue weighted by Crippen LogP contribution is 2.09. The minimum Gasteiger partial charge on any atom is -0.481 e. The molecular formula is C11H20N2O4. The number of carboxylic acids is 1. The van der Waals surface area contributed by atoms with E-state index in [1.807, 2.05) is 6.92 Å². The summed E-state index contributed by atoms with van der Waals surface area (Å²) in [4.78, 5) is 23.6. The molecule has 6 heteroatoms. The van der Waals surface area contributed by atoms with Gasteiger partial charge in [-0.2, -0.15) is 0 Å². The van der Waals surface area contributed by atoms with Gasteiger partial charge in [0.2, 0.25) is 0 Å². The summed E-state index contributed by atoms with van der Waals surface area (Å²) in [6, 6.07) is -0.177. The summed E-state index contributed by atoms with van der Waals surface area (Å²) < 4.78 is 0. The molecule has 0 aromatic heterocycles. The summed E-state index contributed by atoms with van der Waals surface area (Å²) in [6.45, 7) is 3.34. The summed E-state index contributed by atoms with van der Waals surface area (Å²) in [5.41, 5.74) is 0. The normalized spacial score (nSPS) is 21.3. The molecule has 0 bridgehead atoms. The Balaban J connectivity index is 2.17. The zero-order valence-corrected chi connectivity index (χ0v) is 10.1. The second-order valence-corrected chi connectivity index (χ2v) is 4.61. The Morgan fingerprint density at radius 3 is 2.76 bits per heavy atom. The van der Waals surface area contributed by atoms with Crippen LogP contribution in [0.25, 0.3) is 0 Å². The number of urea groups is 1. The van der Waals surface area contributed by atoms with E-state index >= 15 is 0 Å². The van der Waals surface area contributed by atoms with E-state index in [0.29, 0.717) is 32.5 Å². The number of hydrogen-bond donors (Lipinski definition) is 3. The van der Waals surface area contributed by atoms with Gasteiger partial charge < -0.3 is 20.4 Å². The first-order valence-electron chi connectivity index (χ1n) is 5.91. The number of aliphatic carboxylic acids is 1. The Kier molecular flexibility index (Phi) is 5.21. The molecule has 1 aliphatic heterocycles. The van der Waals surface area contributed by atoms with Crippen molar-refractivity contribution in [3.63, 3.8) is 0 Å². The van der Waals surface area contributed by atoms with E-state index < -0.39 is 12.1 Å². The largest absolute Gasteiger partial charge is 0.481 e. The minimum atomic E-state index is -0.814. The predicted molar refractivity (Wildman–Crippen MR) is 61.6 cm³/mol. The molecule has 0 aliphatic carbocycles. The smallest absolute Gasteiger partial charge is 0.317 e. The number of nitrogens with zero attached hydrogens (tertiary/aromatic N) is 1. The third-order valence-electron chi connectivity index (χ3n) is 2.90. The van der Waals surface area contributed by atoms with Gasteiger partial charge in [-0.1, -0.05) is 6.92 Å². The van der Waals surface area contributed by atoms with E-state index in [4.69, 9.17) is 5.11 Å². The van der Waals surface area contributed by atoms with E-state index in [0.717, 1.165) is 0 Å². The summed E-state index contributed by atoms with van der Waals surface area (Å²) in [7, 11) is 0. The molecule has 1 heterocycles. The van der Waals surface area contributed by atoms with Crippen molar-refractivity contribution in [3.05, 3.63) is 0 Å². The second kappa shape index (κ2) is 6.44. The lowest BCUT2D eigenvalue weighted by Crippen LogP contribution is -2.40. The second-order valence-electron chi connectivity index (χ2n) is 4.61. The number of amides is 2. The predicted octanol–water partition coefficient (Wildman–Crippen LogP) is 0.263. The van der Waals surface area contributed by atoms with Gasteiger partial charge in [-0.05, 0) is 18.8 Å². The molecular weight excluding hydrogens is 224 g/mol. The number of carbonyl (C=O) groups excluding carboxylic acids is 1. The number of rotatable bonds is 5. The highest BCUT2D eigenvalue weighted by atomic mass is 16.4. The maximum atomic E-state index is 11.6. The molecule has 0 saturated carbocycles. The molecule has 1 rings (SSSR count). The standard InChI is InChI=1S/C11H20N2O4/c1-8(2-3-10(15)16)6-12-11(17)13-5-4-9(14)7-13/h8-9,14H,2-7H2,1H3,(H,12,17)(H,15,16). The quantitative estimate of drug-likeness (QED) is 0.647. The lowest BCUT2D eigenvalue weighted by molar-refractivity contribution is -0.137. The molecule has 0 spiro atoms. The van der Waals surface area contributed by atoms with Gasteiger partial charge in [0.05, 0.1) is 6.10 Å². The van der Waals surface area contributed by atoms with Crippen molar-refractivity contribution in [1.29, 1.82) is 0 Å². The van der Waals surface area contributed by atoms with Crippen molar-refractivity contribution in [3.8, 4) is 0 Å². The van der Waals surface area contributed by atoms with Gasteiger partial charge in [0.1, 0.15) is 0 Å². The third kappa shape index (κ3) is 5.04. The number of carboxylic acid groups (broad SMARTS) is 1. The van der Waals surface area contributed by atoms with Crippen molar-refractivity contribution < 1.29 is 19.8 Å². The molecule has 3 N–H and O–H groups in total. The van der Waals surface area contributed by atoms with Crippen LogP contribution in [0.1, 0.15) is 26.2 Å². The topological polar surface area (TPSA) is 89.9 Å². The maximum absolute atomic E-state index is 11.6. The Bertz CT molecular complexity index is 283. The van der Waals surface area contributed by atoms with Gasteiger partial charge in [-0.15, -0.1) is 0 Å². The molecule has 1 aliphatic rings. The van der Waals surface area contributed by atoms with Crippen LogP contribution in [-0.2, 0) is 4.79 Å². The Morgan fingerprint density at radius 1 is 1.53 bits per heavy atom. The number of β-amino-alcohol motifs (C(OH)–C–C–N with tert-alkyl or cyclic N) is 1. The average molecular weight is 244 g/mol. The molecule has 2 atom stereocenters. The van der Waals surface area contributed by atoms with Gasteiger partial charge >= 0.3 is 12.0 Å². The Hall–Kier alpha value is -1.30. The molecule has 98 valence electrons. The molecule has 1 fully saturated rings. The lowest BCUT2D eigenvalue weighted by atomic mass is 10.1. The van der Waals surface area contributed by atoms with E-state index in [1.54, 1.807) is 4.90 Å². The Morgan fingerprint density at radius 2 is 2.24 bits per heavy atom. The molecule has 0 aromatic rings. The average Bonchev–Trinajstić information content (AvgIpc) is 2.70. The van der Waals surface area contributed by atoms with Crippen molar-refractivity contribution >= 4 is 12.0 Å². The molecule has 2 amide bonds. The molecule has 0 radical (unpaired) electrons. The number of nitrogens with one attached hydrogen (secondary N) is 1. The highest BCUT2D eigenvalue weighted by Gasteiger charge is 2.24. The van der Waals surface area contributed by atoms with Crippen molar-refractivity contribution in [2.75, 3.05) is 19.6 Å². The minimum absolute atomic E-state index is 0.124. The van der Waals surface area contributed by atoms with Gasteiger partial charge in [0.15, 0.2) is 0 Å². The monoisotopic (exact) mass is 244 g/mol. The number of aliphatic hydroxyl groups is 1. The van der Waals surface area contributed by atoms with E-state index in [2.05, 4.69) is 5.32 Å². The van der Waals surface area contributed by atoms with Crippen molar-refractivity contribution in [2.45, 2.75) is 32.3 Å². The number of likely N-dealkylation sites (tertiary alicyclic amines) is 1. The molecule has 1 saturated heterocycles. The van der Waals surface area contributed by atoms with Gasteiger partial charge in [0.25, 0.3) is 0 Å². The Labute approximate surface area is 101 Å². The molecule has 0 aromatic carbocycles. The maximum Gasteiger partial charge on any atom is 0.317 e. The van der Waals surface area contributed by atoms with Crippen LogP contribution in [0.4, 0.5) is 4.79 Å². The van der Waals surface area contributed by atoms with E-state index in [-0.39, 0.29) is 18.4 Å². The highest BCUT2D eigenvalue weighted by molar-refractivity contribution is 5.74. The fraction of sp³-hybridized carbons (Fsp3) is 0.818. The zero-order chi connectivity index (χ0) is 12.8. The van der Waals surface area contributed by atoms with E-state index in [9.17, 15) is 14.7 Å². The third-order valence-corrected chi connectivity index (χ3v) is 2.90. The molecule has 6 nitrogen and oxygen atoms in total. The molecule has 2 unspecified atom stereocenters. The summed E-state index contributed by atoms with van der Waals surface area (Å²) in [6.07, 6.45) is 0.893. The van der Waals surface area contributed by atoms with Crippen LogP contribution in [0.5, 0.6) is 0 Å². The fourth-order valence-corrected chi connectivity index (χ4v) is 1.77. The molecule has 17 heavy (non-hydrogen) atoms. The first kappa shape index (κ1) is 13.8. The summed E-state index contributed by atoms with van der Waals surface area (Å²) in [5.74, 6) is -0.673. The lowest BCUT2D eigenvalue weighted by Gasteiger charge is -2.18. The zero-order valence-electron chi connectivity index (χ0n) is 10.1. The van der Waals surface area contributed by atoms with Crippen LogP contribution in [-0.4, -0.2) is 52.9 Å². The first-order valence-corrected chi connectivity index (χ1v) is 5.91. The van der Waals surface area contributed by atoms with E-state index in [1.165, 1.54) is 0 Å². The van der Waals surface area contributed by atoms with Crippen LogP contribution < -0.4 is 5.32 Å². The van der Waals surface area contributed by atoms with Crippen molar-refractivity contribution in [2.24, 2.45) is 5.92 Å². The van der Waals surface area contributed by atoms with Crippen LogP contribution in [0.15, 0.2) is 0 Å². The van der Waals surface area contributed by atoms with Gasteiger partial charge in [-0.25, -0.2) is 4.79 Å². The first-order chi connectivity index (χ1) is 7.99. The van der Waals surface area contributed by atoms with Crippen LogP contribution in [0.3, 0.4) is 0 Å². The van der Waals surface area contributed by atoms with Crippen molar-refractivity contribution in [1.82, 2.24) is 10.2 Å². The van der Waals surface area contributed by atoms with Gasteiger partial charge in [-0.3, -0.25) is 4.79 Å². The number of hydrogen-bond acceptors (Lipinski definition) is 3. The summed E-state index contributed by atoms with van der Waals surface area (Å²) in [5, 5.41) is 20.6. The summed E-state index contributed by atoms with van der Waals surface area (Å²) >= 11 is 0. The SMILES string of the molecule is CC(CCC(=O)O)CNC(=O)N1CCC(O)C1. The van der Waals surface area contributed by atoms with Gasteiger partial charge in [0, 0.05) is 26.1 Å². The van der Waals surface area contributed by atoms with Crippen LogP contribution >= 0.6 is 0 Å². The fourth-order valence-electron chi connectivity index (χ4n) is 1.77. The number of carbonyl (C=O) groups is 2.